The summed E-state index contributed by atoms with van der Waals surface area (Å²) in [5.41, 5.74) is 14.5. The Morgan fingerprint density at radius 1 is 1.02 bits per heavy atom. The Balaban J connectivity index is 1.54. The number of hydrogen-bond donors (Lipinski definition) is 2. The first kappa shape index (κ1) is 33.8. The van der Waals surface area contributed by atoms with Crippen molar-refractivity contribution < 1.29 is 19.4 Å². The summed E-state index contributed by atoms with van der Waals surface area (Å²) in [6, 6.07) is 0. The molecule has 254 valence electrons. The highest BCUT2D eigenvalue weighted by Crippen LogP contribution is 2.46. The molecule has 2 N–H and O–H groups in total. The van der Waals surface area contributed by atoms with E-state index in [1.165, 1.54) is 12.7 Å². The topological polar surface area (TPSA) is 105 Å². The minimum absolute atomic E-state index is 0.0138. The van der Waals surface area contributed by atoms with Crippen molar-refractivity contribution >= 4 is 23.1 Å². The zero-order valence-corrected chi connectivity index (χ0v) is 30.0. The number of rotatable bonds is 10. The number of allylic oxidation sites excluding steroid dienone is 11. The standard InChI is InChI=1S/C40H50N4O4/c1-10-12-13-20(3)48-25(8)37-23(6)31-17-30-22(5)27(14-15-36(46)47-9)39(43-30)28-16-35(45)38-24(7)32(44-40(28)38)18-33-26(11-2)21(4)29(41-33)19-34(37)42-31/h17-20,22,25,27,43,45H,10-16H2,1-9H3/t20?,22?,25?,27-/m0/s1. The Morgan fingerprint density at radius 3 is 2.46 bits per heavy atom. The van der Waals surface area contributed by atoms with E-state index >= 15 is 0 Å². The number of aliphatic hydroxyl groups is 1. The molecule has 3 unspecified atom stereocenters. The summed E-state index contributed by atoms with van der Waals surface area (Å²) in [4.78, 5) is 27.9. The molecule has 0 aromatic heterocycles. The van der Waals surface area contributed by atoms with E-state index in [4.69, 9.17) is 24.5 Å². The molecule has 0 aromatic rings. The summed E-state index contributed by atoms with van der Waals surface area (Å²) in [7, 11) is 1.43. The number of fused-ring (bicyclic) bond motifs is 5. The van der Waals surface area contributed by atoms with E-state index in [9.17, 15) is 9.90 Å². The van der Waals surface area contributed by atoms with E-state index < -0.39 is 0 Å². The monoisotopic (exact) mass is 650 g/mol. The quantitative estimate of drug-likeness (QED) is 0.231. The molecule has 5 heterocycles. The summed E-state index contributed by atoms with van der Waals surface area (Å²) < 4.78 is 11.6. The van der Waals surface area contributed by atoms with Crippen LogP contribution in [0.3, 0.4) is 0 Å². The number of methoxy groups -OCH3 is 1. The maximum Gasteiger partial charge on any atom is 0.305 e. The lowest BCUT2D eigenvalue weighted by atomic mass is 9.86. The molecule has 8 bridgehead atoms. The maximum absolute atomic E-state index is 12.3. The zero-order valence-electron chi connectivity index (χ0n) is 30.0. The molecular formula is C40H50N4O4. The summed E-state index contributed by atoms with van der Waals surface area (Å²) in [5.74, 6) is 0.189. The first-order chi connectivity index (χ1) is 23.0. The van der Waals surface area contributed by atoms with E-state index in [0.29, 0.717) is 25.0 Å². The highest BCUT2D eigenvalue weighted by atomic mass is 16.5. The molecule has 5 aliphatic heterocycles. The fourth-order valence-corrected chi connectivity index (χ4v) is 7.99. The number of carbonyl (C=O) groups is 1. The summed E-state index contributed by atoms with van der Waals surface area (Å²) in [6.45, 7) is 17.2. The number of nitrogens with zero attached hydrogens (tertiary/aromatic N) is 3. The highest BCUT2D eigenvalue weighted by Gasteiger charge is 2.41. The van der Waals surface area contributed by atoms with Gasteiger partial charge in [0, 0.05) is 52.8 Å². The third kappa shape index (κ3) is 5.93. The van der Waals surface area contributed by atoms with Gasteiger partial charge < -0.3 is 19.9 Å². The number of esters is 1. The number of hydrogen-bond acceptors (Lipinski definition) is 8. The van der Waals surface area contributed by atoms with E-state index in [2.05, 4.69) is 72.0 Å². The van der Waals surface area contributed by atoms with E-state index in [1.807, 2.05) is 6.92 Å². The number of aliphatic imine (C=N–C) groups is 3. The van der Waals surface area contributed by atoms with Crippen LogP contribution in [-0.4, -0.2) is 47.5 Å². The number of ether oxygens (including phenoxy) is 2. The van der Waals surface area contributed by atoms with E-state index in [-0.39, 0.29) is 30.0 Å². The summed E-state index contributed by atoms with van der Waals surface area (Å²) >= 11 is 0. The average molecular weight is 651 g/mol. The van der Waals surface area contributed by atoms with Crippen LogP contribution in [0.5, 0.6) is 0 Å². The van der Waals surface area contributed by atoms with Gasteiger partial charge in [-0.2, -0.15) is 0 Å². The third-order valence-electron chi connectivity index (χ3n) is 10.8. The average Bonchev–Trinajstić information content (AvgIpc) is 3.81. The largest absolute Gasteiger partial charge is 0.511 e. The van der Waals surface area contributed by atoms with Crippen LogP contribution in [0, 0.1) is 11.8 Å². The molecular weight excluding hydrogens is 600 g/mol. The molecule has 6 rings (SSSR count). The van der Waals surface area contributed by atoms with Crippen molar-refractivity contribution in [2.75, 3.05) is 7.11 Å². The summed E-state index contributed by atoms with van der Waals surface area (Å²) in [6.07, 6.45) is 11.8. The Kier molecular flexibility index (Phi) is 9.49. The van der Waals surface area contributed by atoms with Gasteiger partial charge in [-0.05, 0) is 94.4 Å². The second-order valence-electron chi connectivity index (χ2n) is 13.9. The molecule has 0 amide bonds. The fourth-order valence-electron chi connectivity index (χ4n) is 7.99. The van der Waals surface area contributed by atoms with Gasteiger partial charge in [-0.3, -0.25) is 4.79 Å². The Hall–Kier alpha value is -4.04. The van der Waals surface area contributed by atoms with Gasteiger partial charge in [0.05, 0.1) is 53.5 Å². The van der Waals surface area contributed by atoms with Crippen molar-refractivity contribution in [3.8, 4) is 0 Å². The third-order valence-corrected chi connectivity index (χ3v) is 10.8. The number of carbonyl (C=O) groups excluding carboxylic acids is 1. The number of aliphatic hydroxyl groups excluding tert-OH is 1. The van der Waals surface area contributed by atoms with Crippen LogP contribution in [0.15, 0.2) is 106 Å². The molecule has 0 saturated carbocycles. The first-order valence-electron chi connectivity index (χ1n) is 17.7. The second kappa shape index (κ2) is 13.5. The maximum atomic E-state index is 12.3. The van der Waals surface area contributed by atoms with Crippen LogP contribution in [0.2, 0.25) is 0 Å². The van der Waals surface area contributed by atoms with Crippen molar-refractivity contribution in [1.82, 2.24) is 5.32 Å². The van der Waals surface area contributed by atoms with Gasteiger partial charge in [-0.1, -0.05) is 33.6 Å². The molecule has 1 aliphatic carbocycles. The Labute approximate surface area is 285 Å². The molecule has 0 spiro atoms. The van der Waals surface area contributed by atoms with Gasteiger partial charge in [-0.15, -0.1) is 0 Å². The van der Waals surface area contributed by atoms with Gasteiger partial charge >= 0.3 is 5.97 Å². The first-order valence-corrected chi connectivity index (χ1v) is 17.7. The lowest BCUT2D eigenvalue weighted by Gasteiger charge is -2.21. The molecule has 1 saturated heterocycles. The van der Waals surface area contributed by atoms with Crippen molar-refractivity contribution in [3.63, 3.8) is 0 Å². The predicted molar refractivity (Wildman–Crippen MR) is 193 cm³/mol. The van der Waals surface area contributed by atoms with Gasteiger partial charge in [0.15, 0.2) is 0 Å². The van der Waals surface area contributed by atoms with Gasteiger partial charge in [0.2, 0.25) is 0 Å². The van der Waals surface area contributed by atoms with E-state index in [0.717, 1.165) is 105 Å². The smallest absolute Gasteiger partial charge is 0.305 e. The van der Waals surface area contributed by atoms with E-state index in [1.54, 1.807) is 0 Å². The molecule has 0 radical (unpaired) electrons. The predicted octanol–water partition coefficient (Wildman–Crippen LogP) is 8.59. The highest BCUT2D eigenvalue weighted by molar-refractivity contribution is 6.21. The van der Waals surface area contributed by atoms with Crippen molar-refractivity contribution in [2.24, 2.45) is 26.8 Å². The second-order valence-corrected chi connectivity index (χ2v) is 13.9. The normalized spacial score (nSPS) is 24.5. The molecule has 8 nitrogen and oxygen atoms in total. The molecule has 48 heavy (non-hydrogen) atoms. The molecule has 0 aromatic carbocycles. The number of nitrogens with one attached hydrogen (secondary N) is 1. The van der Waals surface area contributed by atoms with Crippen molar-refractivity contribution in [3.05, 3.63) is 91.5 Å². The van der Waals surface area contributed by atoms with Crippen molar-refractivity contribution in [1.29, 1.82) is 0 Å². The van der Waals surface area contributed by atoms with Crippen LogP contribution in [0.25, 0.3) is 0 Å². The van der Waals surface area contributed by atoms with Crippen molar-refractivity contribution in [2.45, 2.75) is 113 Å². The fraction of sp³-hybridized carbons (Fsp3) is 0.500. The lowest BCUT2D eigenvalue weighted by molar-refractivity contribution is -0.140. The van der Waals surface area contributed by atoms with Gasteiger partial charge in [0.1, 0.15) is 5.76 Å². The van der Waals surface area contributed by atoms with Gasteiger partial charge in [0.25, 0.3) is 0 Å². The molecule has 6 aliphatic rings. The lowest BCUT2D eigenvalue weighted by Crippen LogP contribution is -2.20. The van der Waals surface area contributed by atoms with Gasteiger partial charge in [-0.25, -0.2) is 15.0 Å². The zero-order chi connectivity index (χ0) is 34.4. The number of unbranched alkanes of at least 4 members (excludes halogenated alkanes) is 1. The minimum atomic E-state index is -0.230. The van der Waals surface area contributed by atoms with Crippen LogP contribution >= 0.6 is 0 Å². The molecule has 8 heteroatoms. The summed E-state index contributed by atoms with van der Waals surface area (Å²) in [5, 5.41) is 15.1. The molecule has 1 fully saturated rings. The Bertz CT molecular complexity index is 1800. The minimum Gasteiger partial charge on any atom is -0.511 e. The Morgan fingerprint density at radius 2 is 1.75 bits per heavy atom. The van der Waals surface area contributed by atoms with Crippen LogP contribution in [0.4, 0.5) is 0 Å². The van der Waals surface area contributed by atoms with Crippen LogP contribution in [-0.2, 0) is 14.3 Å². The van der Waals surface area contributed by atoms with Crippen LogP contribution in [0.1, 0.15) is 100 Å². The molecule has 4 atom stereocenters. The van der Waals surface area contributed by atoms with Crippen LogP contribution < -0.4 is 5.32 Å². The SMILES string of the molecule is CCCCC(C)OC(C)C1=C(C)C2=NC1=CC1=NC(=CC3=C(C)C4=C(O)CC(=C5NC(=C2)C(C)[C@@H]5CCC(=O)OC)C4=N3)C(CC)=C1C.